The van der Waals surface area contributed by atoms with Crippen LogP contribution in [-0.4, -0.2) is 34.1 Å². The van der Waals surface area contributed by atoms with Crippen LogP contribution in [0, 0.1) is 0 Å². The Balaban J connectivity index is 2.10. The molecule has 5 nitrogen and oxygen atoms in total. The molecular formula is C14H14F3N3O2S. The van der Waals surface area contributed by atoms with E-state index in [1.54, 1.807) is 11.8 Å². The summed E-state index contributed by atoms with van der Waals surface area (Å²) in [6.45, 7) is 1.89. The molecule has 23 heavy (non-hydrogen) atoms. The number of carbonyl (C=O) groups excluding carboxylic acids is 1. The van der Waals surface area contributed by atoms with Crippen LogP contribution in [0.3, 0.4) is 0 Å². The van der Waals surface area contributed by atoms with E-state index < -0.39 is 12.1 Å². The molecule has 1 amide bonds. The van der Waals surface area contributed by atoms with Crippen molar-refractivity contribution < 1.29 is 22.5 Å². The predicted molar refractivity (Wildman–Crippen MR) is 80.0 cm³/mol. The zero-order valence-corrected chi connectivity index (χ0v) is 13.2. The molecule has 0 aliphatic carbocycles. The lowest BCUT2D eigenvalue weighted by atomic mass is 10.1. The number of nitrogens with one attached hydrogen (secondary N) is 1. The summed E-state index contributed by atoms with van der Waals surface area (Å²) in [6, 6.07) is 5.96. The second-order valence-electron chi connectivity index (χ2n) is 4.83. The molecule has 0 bridgehead atoms. The second-order valence-corrected chi connectivity index (χ2v) is 5.74. The molecule has 1 unspecified atom stereocenters. The van der Waals surface area contributed by atoms with E-state index in [1.165, 1.54) is 24.3 Å². The topological polar surface area (TPSA) is 68.0 Å². The fourth-order valence-corrected chi connectivity index (χ4v) is 2.41. The Morgan fingerprint density at radius 3 is 2.52 bits per heavy atom. The highest BCUT2D eigenvalue weighted by Gasteiger charge is 2.38. The molecule has 0 aliphatic rings. The van der Waals surface area contributed by atoms with E-state index in [0.717, 1.165) is 5.75 Å². The van der Waals surface area contributed by atoms with Gasteiger partial charge in [0, 0.05) is 22.9 Å². The van der Waals surface area contributed by atoms with Gasteiger partial charge in [0.15, 0.2) is 0 Å². The average molecular weight is 345 g/mol. The lowest BCUT2D eigenvalue weighted by Crippen LogP contribution is -2.34. The molecule has 1 heterocycles. The number of alkyl halides is 3. The van der Waals surface area contributed by atoms with Crippen molar-refractivity contribution in [1.82, 2.24) is 15.5 Å². The number of nitrogens with zero attached hydrogens (tertiary/aromatic N) is 2. The van der Waals surface area contributed by atoms with Crippen LogP contribution < -0.4 is 5.32 Å². The Labute approximate surface area is 134 Å². The zero-order valence-electron chi connectivity index (χ0n) is 12.3. The van der Waals surface area contributed by atoms with Crippen LogP contribution >= 0.6 is 11.8 Å². The number of rotatable bonds is 5. The summed E-state index contributed by atoms with van der Waals surface area (Å²) in [5.41, 5.74) is 0.735. The minimum atomic E-state index is -4.68. The van der Waals surface area contributed by atoms with Crippen LogP contribution in [0.1, 0.15) is 23.2 Å². The van der Waals surface area contributed by atoms with Crippen molar-refractivity contribution in [2.75, 3.05) is 12.0 Å². The first kappa shape index (κ1) is 17.3. The highest BCUT2D eigenvalue weighted by molar-refractivity contribution is 7.98. The van der Waals surface area contributed by atoms with Gasteiger partial charge in [-0.25, -0.2) is 0 Å². The predicted octanol–water partition coefficient (Wildman–Crippen LogP) is 3.24. The maximum Gasteiger partial charge on any atom is 0.471 e. The van der Waals surface area contributed by atoms with Gasteiger partial charge in [0.05, 0.1) is 0 Å². The highest BCUT2D eigenvalue weighted by atomic mass is 32.2. The van der Waals surface area contributed by atoms with Crippen LogP contribution in [0.15, 0.2) is 28.8 Å². The second kappa shape index (κ2) is 7.03. The highest BCUT2D eigenvalue weighted by Crippen LogP contribution is 2.29. The van der Waals surface area contributed by atoms with Gasteiger partial charge in [-0.2, -0.15) is 29.9 Å². The fraction of sp³-hybridized carbons (Fsp3) is 0.357. The molecule has 2 rings (SSSR count). The molecule has 124 valence electrons. The van der Waals surface area contributed by atoms with Crippen molar-refractivity contribution in [3.63, 3.8) is 0 Å². The lowest BCUT2D eigenvalue weighted by Gasteiger charge is -2.12. The van der Waals surface area contributed by atoms with Gasteiger partial charge >= 0.3 is 12.1 Å². The molecular weight excluding hydrogens is 331 g/mol. The van der Waals surface area contributed by atoms with Gasteiger partial charge in [-0.1, -0.05) is 17.3 Å². The summed E-state index contributed by atoms with van der Waals surface area (Å²) in [7, 11) is 0. The maximum atomic E-state index is 12.4. The molecule has 0 radical (unpaired) electrons. The van der Waals surface area contributed by atoms with E-state index in [0.29, 0.717) is 11.1 Å². The van der Waals surface area contributed by atoms with Crippen molar-refractivity contribution in [2.45, 2.75) is 19.1 Å². The molecule has 9 heteroatoms. The van der Waals surface area contributed by atoms with Crippen LogP contribution in [-0.2, 0) is 6.18 Å². The number of thioether (sulfide) groups is 1. The van der Waals surface area contributed by atoms with Crippen LogP contribution in [0.4, 0.5) is 13.2 Å². The van der Waals surface area contributed by atoms with Crippen LogP contribution in [0.25, 0.3) is 11.4 Å². The molecule has 2 aromatic rings. The Kier molecular flexibility index (Phi) is 5.30. The van der Waals surface area contributed by atoms with Gasteiger partial charge in [0.25, 0.3) is 5.91 Å². The minimum absolute atomic E-state index is 0.0173. The Morgan fingerprint density at radius 2 is 2.00 bits per heavy atom. The summed E-state index contributed by atoms with van der Waals surface area (Å²) >= 11 is 1.62. The third kappa shape index (κ3) is 4.47. The van der Waals surface area contributed by atoms with E-state index >= 15 is 0 Å². The van der Waals surface area contributed by atoms with Gasteiger partial charge in [-0.05, 0) is 25.3 Å². The standard InChI is InChI=1S/C14H14F3N3O2S/c1-8(7-23-2)18-12(21)10-5-3-9(4-6-10)11-19-13(22-20-11)14(15,16)17/h3-6,8H,7H2,1-2H3,(H,18,21). The summed E-state index contributed by atoms with van der Waals surface area (Å²) in [5, 5.41) is 6.11. The zero-order chi connectivity index (χ0) is 17.0. The van der Waals surface area contributed by atoms with E-state index in [1.807, 2.05) is 13.2 Å². The normalized spacial score (nSPS) is 12.9. The number of carbonyl (C=O) groups is 1. The van der Waals surface area contributed by atoms with Gasteiger partial charge in [-0.3, -0.25) is 4.79 Å². The maximum absolute atomic E-state index is 12.4. The van der Waals surface area contributed by atoms with Crippen molar-refractivity contribution >= 4 is 17.7 Å². The van der Waals surface area contributed by atoms with Gasteiger partial charge < -0.3 is 9.84 Å². The third-order valence-electron chi connectivity index (χ3n) is 2.87. The number of benzene rings is 1. The van der Waals surface area contributed by atoms with Crippen molar-refractivity contribution in [3.8, 4) is 11.4 Å². The van der Waals surface area contributed by atoms with Crippen LogP contribution in [0.5, 0.6) is 0 Å². The fourth-order valence-electron chi connectivity index (χ4n) is 1.83. The molecule has 1 aromatic heterocycles. The molecule has 0 aliphatic heterocycles. The number of aromatic nitrogens is 2. The van der Waals surface area contributed by atoms with Gasteiger partial charge in [0.1, 0.15) is 0 Å². The third-order valence-corrected chi connectivity index (χ3v) is 3.70. The Hall–Kier alpha value is -2.03. The SMILES string of the molecule is CSCC(C)NC(=O)c1ccc(-c2noc(C(F)(F)F)n2)cc1. The van der Waals surface area contributed by atoms with Gasteiger partial charge in [-0.15, -0.1) is 0 Å². The van der Waals surface area contributed by atoms with E-state index in [4.69, 9.17) is 0 Å². The Morgan fingerprint density at radius 1 is 1.35 bits per heavy atom. The number of halogens is 3. The molecule has 0 fully saturated rings. The quantitative estimate of drug-likeness (QED) is 0.901. The van der Waals surface area contributed by atoms with Gasteiger partial charge in [0.2, 0.25) is 5.82 Å². The van der Waals surface area contributed by atoms with E-state index in [-0.39, 0.29) is 17.8 Å². The van der Waals surface area contributed by atoms with Crippen molar-refractivity contribution in [3.05, 3.63) is 35.7 Å². The van der Waals surface area contributed by atoms with E-state index in [9.17, 15) is 18.0 Å². The lowest BCUT2D eigenvalue weighted by molar-refractivity contribution is -0.159. The minimum Gasteiger partial charge on any atom is -0.349 e. The molecule has 1 N–H and O–H groups in total. The molecule has 0 saturated carbocycles. The summed E-state index contributed by atoms with van der Waals surface area (Å²) in [6.07, 6.45) is -2.74. The molecule has 1 aromatic carbocycles. The van der Waals surface area contributed by atoms with Crippen LogP contribution in [0.2, 0.25) is 0 Å². The summed E-state index contributed by atoms with van der Waals surface area (Å²) < 4.78 is 41.4. The first-order valence-corrected chi connectivity index (χ1v) is 8.02. The van der Waals surface area contributed by atoms with Crippen molar-refractivity contribution in [2.24, 2.45) is 0 Å². The summed E-state index contributed by atoms with van der Waals surface area (Å²) in [5.74, 6) is -1.05. The first-order chi connectivity index (χ1) is 10.8. The molecule has 0 spiro atoms. The smallest absolute Gasteiger partial charge is 0.349 e. The molecule has 0 saturated heterocycles. The number of amides is 1. The Bertz CT molecular complexity index is 671. The van der Waals surface area contributed by atoms with Crippen molar-refractivity contribution in [1.29, 1.82) is 0 Å². The largest absolute Gasteiger partial charge is 0.471 e. The first-order valence-electron chi connectivity index (χ1n) is 6.62. The monoisotopic (exact) mass is 345 g/mol. The van der Waals surface area contributed by atoms with E-state index in [2.05, 4.69) is 20.0 Å². The number of hydrogen-bond donors (Lipinski definition) is 1. The number of hydrogen-bond acceptors (Lipinski definition) is 5. The molecule has 1 atom stereocenters. The average Bonchev–Trinajstić information content (AvgIpc) is 2.97. The summed E-state index contributed by atoms with van der Waals surface area (Å²) in [4.78, 5) is 15.3.